The molecule has 106 valence electrons. The van der Waals surface area contributed by atoms with Gasteiger partial charge in [0.25, 0.3) is 0 Å². The van der Waals surface area contributed by atoms with Crippen LogP contribution in [0.15, 0.2) is 16.7 Å². The van der Waals surface area contributed by atoms with Crippen LogP contribution in [0.5, 0.6) is 0 Å². The third-order valence-corrected chi connectivity index (χ3v) is 3.79. The first kappa shape index (κ1) is 14.0. The summed E-state index contributed by atoms with van der Waals surface area (Å²) in [7, 11) is 4.21. The fraction of sp³-hybridized carbons (Fsp3) is 0.615. The molecule has 6 heteroatoms. The number of nitrogens with one attached hydrogen (secondary N) is 1. The van der Waals surface area contributed by atoms with E-state index >= 15 is 0 Å². The van der Waals surface area contributed by atoms with Crippen molar-refractivity contribution in [2.75, 3.05) is 27.2 Å². The summed E-state index contributed by atoms with van der Waals surface area (Å²) in [6.45, 7) is 5.00. The minimum atomic E-state index is -0.378. The van der Waals surface area contributed by atoms with E-state index in [-0.39, 0.29) is 5.91 Å². The highest BCUT2D eigenvalue weighted by Gasteiger charge is 2.31. The molecule has 1 aliphatic rings. The standard InChI is InChI=1S/C13H22N4O2/c1-9-6-17(8-11(9)16(2)3)7-10-4-5-19-12(10)13(18)15-14/h4-5,9,11H,6-8,14H2,1-3H3,(H,15,18). The molecule has 0 bridgehead atoms. The quantitative estimate of drug-likeness (QED) is 0.465. The predicted octanol–water partition coefficient (Wildman–Crippen LogP) is 0.265. The summed E-state index contributed by atoms with van der Waals surface area (Å²) in [6, 6.07) is 2.39. The highest BCUT2D eigenvalue weighted by atomic mass is 16.3. The van der Waals surface area contributed by atoms with Crippen LogP contribution in [-0.4, -0.2) is 48.9 Å². The molecule has 0 radical (unpaired) electrons. The van der Waals surface area contributed by atoms with Crippen LogP contribution in [0.3, 0.4) is 0 Å². The number of hydrazine groups is 1. The first-order valence-corrected chi connectivity index (χ1v) is 6.49. The molecular weight excluding hydrogens is 244 g/mol. The van der Waals surface area contributed by atoms with Crippen LogP contribution in [0.2, 0.25) is 0 Å². The summed E-state index contributed by atoms with van der Waals surface area (Å²) in [5.41, 5.74) is 2.99. The van der Waals surface area contributed by atoms with Crippen molar-refractivity contribution in [3.05, 3.63) is 23.7 Å². The SMILES string of the molecule is CC1CN(Cc2ccoc2C(=O)NN)CC1N(C)C. The van der Waals surface area contributed by atoms with Crippen molar-refractivity contribution in [2.24, 2.45) is 11.8 Å². The van der Waals surface area contributed by atoms with Gasteiger partial charge in [-0.1, -0.05) is 6.92 Å². The number of likely N-dealkylation sites (tertiary alicyclic amines) is 1. The van der Waals surface area contributed by atoms with Gasteiger partial charge in [0.2, 0.25) is 0 Å². The van der Waals surface area contributed by atoms with Crippen LogP contribution >= 0.6 is 0 Å². The van der Waals surface area contributed by atoms with Crippen LogP contribution in [0.25, 0.3) is 0 Å². The molecule has 3 N–H and O–H groups in total. The van der Waals surface area contributed by atoms with E-state index in [0.29, 0.717) is 24.3 Å². The van der Waals surface area contributed by atoms with Crippen molar-refractivity contribution in [1.82, 2.24) is 15.2 Å². The normalized spacial score (nSPS) is 24.1. The van der Waals surface area contributed by atoms with Crippen molar-refractivity contribution in [2.45, 2.75) is 19.5 Å². The fourth-order valence-electron chi connectivity index (χ4n) is 2.82. The summed E-state index contributed by atoms with van der Waals surface area (Å²) in [5, 5.41) is 0. The number of carbonyl (C=O) groups excluding carboxylic acids is 1. The van der Waals surface area contributed by atoms with Gasteiger partial charge >= 0.3 is 5.91 Å². The van der Waals surface area contributed by atoms with Crippen LogP contribution in [0.1, 0.15) is 23.0 Å². The molecule has 0 spiro atoms. The number of rotatable bonds is 4. The molecule has 1 amide bonds. The highest BCUT2D eigenvalue weighted by molar-refractivity contribution is 5.92. The zero-order chi connectivity index (χ0) is 14.0. The Kier molecular flexibility index (Phi) is 4.24. The molecule has 0 aliphatic carbocycles. The van der Waals surface area contributed by atoms with Gasteiger partial charge < -0.3 is 9.32 Å². The smallest absolute Gasteiger partial charge is 0.301 e. The molecule has 6 nitrogen and oxygen atoms in total. The second kappa shape index (κ2) is 5.73. The maximum atomic E-state index is 11.5. The number of hydrogen-bond donors (Lipinski definition) is 2. The van der Waals surface area contributed by atoms with Crippen LogP contribution in [0, 0.1) is 5.92 Å². The molecule has 1 fully saturated rings. The monoisotopic (exact) mass is 266 g/mol. The predicted molar refractivity (Wildman–Crippen MR) is 72.3 cm³/mol. The van der Waals surface area contributed by atoms with E-state index in [1.807, 2.05) is 6.07 Å². The molecule has 1 saturated heterocycles. The average Bonchev–Trinajstić information content (AvgIpc) is 2.95. The molecule has 2 heterocycles. The summed E-state index contributed by atoms with van der Waals surface area (Å²) in [5.74, 6) is 5.69. The number of nitrogens with two attached hydrogens (primary N) is 1. The molecule has 1 aromatic heterocycles. The zero-order valence-electron chi connectivity index (χ0n) is 11.7. The zero-order valence-corrected chi connectivity index (χ0v) is 11.7. The Labute approximate surface area is 113 Å². The molecule has 1 aliphatic heterocycles. The van der Waals surface area contributed by atoms with Crippen LogP contribution in [0.4, 0.5) is 0 Å². The van der Waals surface area contributed by atoms with Gasteiger partial charge in [0, 0.05) is 31.2 Å². The van der Waals surface area contributed by atoms with E-state index in [4.69, 9.17) is 10.3 Å². The fourth-order valence-corrected chi connectivity index (χ4v) is 2.82. The van der Waals surface area contributed by atoms with E-state index in [0.717, 1.165) is 18.7 Å². The van der Waals surface area contributed by atoms with Gasteiger partial charge in [0.1, 0.15) is 0 Å². The Morgan fingerprint density at radius 1 is 1.58 bits per heavy atom. The summed E-state index contributed by atoms with van der Waals surface area (Å²) >= 11 is 0. The minimum Gasteiger partial charge on any atom is -0.459 e. The lowest BCUT2D eigenvalue weighted by molar-refractivity contribution is 0.0923. The van der Waals surface area contributed by atoms with Crippen molar-refractivity contribution in [1.29, 1.82) is 0 Å². The van der Waals surface area contributed by atoms with Gasteiger partial charge in [-0.2, -0.15) is 0 Å². The Balaban J connectivity index is 2.03. The minimum absolute atomic E-state index is 0.309. The molecule has 2 rings (SSSR count). The molecule has 19 heavy (non-hydrogen) atoms. The lowest BCUT2D eigenvalue weighted by Gasteiger charge is -2.22. The van der Waals surface area contributed by atoms with Gasteiger partial charge in [0.15, 0.2) is 5.76 Å². The summed E-state index contributed by atoms with van der Waals surface area (Å²) in [6.07, 6.45) is 1.53. The Morgan fingerprint density at radius 3 is 2.89 bits per heavy atom. The van der Waals surface area contributed by atoms with E-state index in [1.165, 1.54) is 6.26 Å². The molecule has 2 atom stereocenters. The molecule has 2 unspecified atom stereocenters. The molecule has 0 saturated carbocycles. The second-order valence-corrected chi connectivity index (χ2v) is 5.45. The maximum absolute atomic E-state index is 11.5. The third kappa shape index (κ3) is 2.97. The van der Waals surface area contributed by atoms with Gasteiger partial charge in [-0.3, -0.25) is 15.1 Å². The van der Waals surface area contributed by atoms with E-state index in [9.17, 15) is 4.79 Å². The maximum Gasteiger partial charge on any atom is 0.301 e. The number of nitrogens with zero attached hydrogens (tertiary/aromatic N) is 2. The second-order valence-electron chi connectivity index (χ2n) is 5.45. The summed E-state index contributed by atoms with van der Waals surface area (Å²) < 4.78 is 5.20. The third-order valence-electron chi connectivity index (χ3n) is 3.79. The van der Waals surface area contributed by atoms with E-state index in [1.54, 1.807) is 0 Å². The van der Waals surface area contributed by atoms with Gasteiger partial charge in [-0.05, 0) is 26.1 Å². The first-order valence-electron chi connectivity index (χ1n) is 6.49. The molecule has 0 aromatic carbocycles. The highest BCUT2D eigenvalue weighted by Crippen LogP contribution is 2.23. The topological polar surface area (TPSA) is 74.7 Å². The van der Waals surface area contributed by atoms with Gasteiger partial charge in [0.05, 0.1) is 6.26 Å². The number of furan rings is 1. The largest absolute Gasteiger partial charge is 0.459 e. The lowest BCUT2D eigenvalue weighted by atomic mass is 10.1. The number of amides is 1. The lowest BCUT2D eigenvalue weighted by Crippen LogP contribution is -2.34. The van der Waals surface area contributed by atoms with Crippen molar-refractivity contribution >= 4 is 5.91 Å². The number of hydrogen-bond acceptors (Lipinski definition) is 5. The van der Waals surface area contributed by atoms with Crippen LogP contribution in [-0.2, 0) is 6.54 Å². The molecule has 1 aromatic rings. The Bertz CT molecular complexity index is 444. The average molecular weight is 266 g/mol. The van der Waals surface area contributed by atoms with Crippen LogP contribution < -0.4 is 11.3 Å². The van der Waals surface area contributed by atoms with Gasteiger partial charge in [-0.25, -0.2) is 5.84 Å². The van der Waals surface area contributed by atoms with Crippen molar-refractivity contribution in [3.8, 4) is 0 Å². The molecular formula is C13H22N4O2. The number of likely N-dealkylation sites (N-methyl/N-ethyl adjacent to an activating group) is 1. The van der Waals surface area contributed by atoms with E-state index < -0.39 is 0 Å². The Morgan fingerprint density at radius 2 is 2.32 bits per heavy atom. The first-order chi connectivity index (χ1) is 9.02. The summed E-state index contributed by atoms with van der Waals surface area (Å²) in [4.78, 5) is 16.1. The van der Waals surface area contributed by atoms with Crippen molar-refractivity contribution in [3.63, 3.8) is 0 Å². The van der Waals surface area contributed by atoms with Crippen molar-refractivity contribution < 1.29 is 9.21 Å². The number of carbonyl (C=O) groups is 1. The number of nitrogen functional groups attached to an aromatic ring is 1. The van der Waals surface area contributed by atoms with Gasteiger partial charge in [-0.15, -0.1) is 0 Å². The Hall–Kier alpha value is -1.37. The van der Waals surface area contributed by atoms with E-state index in [2.05, 4.69) is 36.2 Å².